The minimum Gasteiger partial charge on any atom is -0.494 e. The van der Waals surface area contributed by atoms with Crippen molar-refractivity contribution in [2.24, 2.45) is 4.99 Å². The molecule has 1 aromatic heterocycles. The second kappa shape index (κ2) is 15.8. The summed E-state index contributed by atoms with van der Waals surface area (Å²) in [4.78, 5) is 8.88. The first kappa shape index (κ1) is 25.0. The number of rotatable bonds is 12. The number of nitrogens with zero attached hydrogens (tertiary/aromatic N) is 2. The van der Waals surface area contributed by atoms with Crippen LogP contribution < -0.4 is 20.1 Å². The molecule has 7 nitrogen and oxygen atoms in total. The van der Waals surface area contributed by atoms with E-state index in [0.29, 0.717) is 32.2 Å². The van der Waals surface area contributed by atoms with E-state index in [4.69, 9.17) is 14.2 Å². The average Bonchev–Trinajstić information content (AvgIpc) is 2.73. The highest BCUT2D eigenvalue weighted by Crippen LogP contribution is 2.09. The van der Waals surface area contributed by atoms with Crippen molar-refractivity contribution in [2.45, 2.75) is 19.9 Å². The number of aliphatic imine (C=N–C) groups is 1. The fourth-order valence-corrected chi connectivity index (χ4v) is 2.32. The van der Waals surface area contributed by atoms with Gasteiger partial charge in [0, 0.05) is 32.5 Å². The summed E-state index contributed by atoms with van der Waals surface area (Å²) < 4.78 is 16.1. The number of hydrogen-bond acceptors (Lipinski definition) is 5. The number of ether oxygens (including phenoxy) is 3. The lowest BCUT2D eigenvalue weighted by Crippen LogP contribution is -2.38. The summed E-state index contributed by atoms with van der Waals surface area (Å²) in [6, 6.07) is 13.7. The number of hydrogen-bond donors (Lipinski definition) is 2. The van der Waals surface area contributed by atoms with Crippen LogP contribution in [0.3, 0.4) is 0 Å². The number of halogens is 1. The van der Waals surface area contributed by atoms with Crippen molar-refractivity contribution in [1.29, 1.82) is 0 Å². The molecule has 29 heavy (non-hydrogen) atoms. The SMILES string of the molecule is CCNC(=NCc1ccc(OCCOC)nc1)NCCCOc1ccccc1.I. The Bertz CT molecular complexity index is 684. The van der Waals surface area contributed by atoms with E-state index in [1.807, 2.05) is 49.4 Å². The molecule has 2 rings (SSSR count). The maximum absolute atomic E-state index is 5.70. The Kier molecular flexibility index (Phi) is 13.6. The summed E-state index contributed by atoms with van der Waals surface area (Å²) in [6.45, 7) is 5.86. The van der Waals surface area contributed by atoms with Crippen molar-refractivity contribution in [3.05, 3.63) is 54.2 Å². The highest BCUT2D eigenvalue weighted by Gasteiger charge is 2.00. The third kappa shape index (κ3) is 10.9. The van der Waals surface area contributed by atoms with E-state index in [2.05, 4.69) is 20.6 Å². The molecular weight excluding hydrogens is 483 g/mol. The molecule has 0 atom stereocenters. The molecule has 160 valence electrons. The third-order valence-electron chi connectivity index (χ3n) is 3.72. The Hall–Kier alpha value is -2.07. The van der Waals surface area contributed by atoms with Gasteiger partial charge in [0.15, 0.2) is 5.96 Å². The molecule has 0 radical (unpaired) electrons. The Morgan fingerprint density at radius 3 is 2.52 bits per heavy atom. The molecule has 0 aliphatic heterocycles. The maximum atomic E-state index is 5.70. The molecule has 0 unspecified atom stereocenters. The molecule has 0 amide bonds. The highest BCUT2D eigenvalue weighted by molar-refractivity contribution is 14.0. The third-order valence-corrected chi connectivity index (χ3v) is 3.72. The van der Waals surface area contributed by atoms with Gasteiger partial charge in [-0.05, 0) is 31.0 Å². The first-order valence-electron chi connectivity index (χ1n) is 9.58. The van der Waals surface area contributed by atoms with E-state index in [9.17, 15) is 0 Å². The van der Waals surface area contributed by atoms with Crippen molar-refractivity contribution in [2.75, 3.05) is 40.0 Å². The molecule has 8 heteroatoms. The fourth-order valence-electron chi connectivity index (χ4n) is 2.32. The monoisotopic (exact) mass is 514 g/mol. The molecule has 0 aliphatic rings. The van der Waals surface area contributed by atoms with Gasteiger partial charge in [-0.25, -0.2) is 9.98 Å². The van der Waals surface area contributed by atoms with Crippen LogP contribution in [-0.2, 0) is 11.3 Å². The summed E-state index contributed by atoms with van der Waals surface area (Å²) >= 11 is 0. The second-order valence-corrected chi connectivity index (χ2v) is 5.98. The van der Waals surface area contributed by atoms with Crippen LogP contribution in [0.25, 0.3) is 0 Å². The molecule has 1 heterocycles. The molecule has 0 bridgehead atoms. The van der Waals surface area contributed by atoms with E-state index < -0.39 is 0 Å². The summed E-state index contributed by atoms with van der Waals surface area (Å²) in [5.41, 5.74) is 1.02. The van der Waals surface area contributed by atoms with Crippen molar-refractivity contribution in [3.63, 3.8) is 0 Å². The zero-order chi connectivity index (χ0) is 19.9. The molecule has 0 saturated heterocycles. The zero-order valence-corrected chi connectivity index (χ0v) is 19.4. The molecule has 0 saturated carbocycles. The van der Waals surface area contributed by atoms with Gasteiger partial charge in [-0.15, -0.1) is 24.0 Å². The van der Waals surface area contributed by atoms with Gasteiger partial charge in [-0.3, -0.25) is 0 Å². The van der Waals surface area contributed by atoms with E-state index in [1.165, 1.54) is 0 Å². The Morgan fingerprint density at radius 2 is 1.83 bits per heavy atom. The number of methoxy groups -OCH3 is 1. The van der Waals surface area contributed by atoms with Crippen LogP contribution in [-0.4, -0.2) is 51.0 Å². The largest absolute Gasteiger partial charge is 0.494 e. The van der Waals surface area contributed by atoms with Gasteiger partial charge in [-0.2, -0.15) is 0 Å². The lowest BCUT2D eigenvalue weighted by atomic mass is 10.3. The fraction of sp³-hybridized carbons (Fsp3) is 0.429. The van der Waals surface area contributed by atoms with Gasteiger partial charge in [0.1, 0.15) is 12.4 Å². The lowest BCUT2D eigenvalue weighted by Gasteiger charge is -2.12. The molecule has 0 aliphatic carbocycles. The normalized spacial score (nSPS) is 10.8. The van der Waals surface area contributed by atoms with Gasteiger partial charge in [0.2, 0.25) is 5.88 Å². The van der Waals surface area contributed by atoms with Gasteiger partial charge in [-0.1, -0.05) is 24.3 Å². The van der Waals surface area contributed by atoms with Crippen molar-refractivity contribution >= 4 is 29.9 Å². The smallest absolute Gasteiger partial charge is 0.213 e. The number of benzene rings is 1. The van der Waals surface area contributed by atoms with E-state index in [0.717, 1.165) is 36.8 Å². The summed E-state index contributed by atoms with van der Waals surface area (Å²) in [6.07, 6.45) is 2.66. The Morgan fingerprint density at radius 1 is 1.00 bits per heavy atom. The number of para-hydroxylation sites is 1. The molecule has 1 aromatic carbocycles. The topological polar surface area (TPSA) is 77.0 Å². The molecule has 0 fully saturated rings. The van der Waals surface area contributed by atoms with Crippen LogP contribution >= 0.6 is 24.0 Å². The molecule has 0 spiro atoms. The summed E-state index contributed by atoms with van der Waals surface area (Å²) in [5, 5.41) is 6.57. The minimum atomic E-state index is 0. The van der Waals surface area contributed by atoms with Crippen molar-refractivity contribution < 1.29 is 14.2 Å². The number of pyridine rings is 1. The van der Waals surface area contributed by atoms with Crippen LogP contribution in [0.15, 0.2) is 53.7 Å². The zero-order valence-electron chi connectivity index (χ0n) is 17.1. The van der Waals surface area contributed by atoms with Gasteiger partial charge in [0.05, 0.1) is 19.8 Å². The van der Waals surface area contributed by atoms with Crippen LogP contribution in [0.1, 0.15) is 18.9 Å². The first-order valence-corrected chi connectivity index (χ1v) is 9.58. The van der Waals surface area contributed by atoms with Crippen LogP contribution in [0, 0.1) is 0 Å². The summed E-state index contributed by atoms with van der Waals surface area (Å²) in [5.74, 6) is 2.26. The van der Waals surface area contributed by atoms with Crippen LogP contribution in [0.4, 0.5) is 0 Å². The Balaban J connectivity index is 0.00000420. The predicted octanol–water partition coefficient (Wildman–Crippen LogP) is 3.25. The van der Waals surface area contributed by atoms with Crippen molar-refractivity contribution in [3.8, 4) is 11.6 Å². The van der Waals surface area contributed by atoms with E-state index in [-0.39, 0.29) is 24.0 Å². The van der Waals surface area contributed by atoms with E-state index >= 15 is 0 Å². The molecule has 2 N–H and O–H groups in total. The lowest BCUT2D eigenvalue weighted by molar-refractivity contribution is 0.143. The van der Waals surface area contributed by atoms with Gasteiger partial charge >= 0.3 is 0 Å². The molecule has 2 aromatic rings. The number of aromatic nitrogens is 1. The quantitative estimate of drug-likeness (QED) is 0.196. The van der Waals surface area contributed by atoms with Crippen molar-refractivity contribution in [1.82, 2.24) is 15.6 Å². The second-order valence-electron chi connectivity index (χ2n) is 5.98. The molecular formula is C21H31IN4O3. The van der Waals surface area contributed by atoms with Gasteiger partial charge in [0.25, 0.3) is 0 Å². The highest BCUT2D eigenvalue weighted by atomic mass is 127. The maximum Gasteiger partial charge on any atom is 0.213 e. The van der Waals surface area contributed by atoms with Crippen LogP contribution in [0.5, 0.6) is 11.6 Å². The number of nitrogens with one attached hydrogen (secondary N) is 2. The van der Waals surface area contributed by atoms with Crippen LogP contribution in [0.2, 0.25) is 0 Å². The Labute approximate surface area is 190 Å². The van der Waals surface area contributed by atoms with E-state index in [1.54, 1.807) is 13.3 Å². The summed E-state index contributed by atoms with van der Waals surface area (Å²) in [7, 11) is 1.64. The van der Waals surface area contributed by atoms with Gasteiger partial charge < -0.3 is 24.8 Å². The first-order chi connectivity index (χ1) is 13.8. The number of guanidine groups is 1. The minimum absolute atomic E-state index is 0. The average molecular weight is 514 g/mol. The standard InChI is InChI=1S/C21H30N4O3.HI/c1-3-22-21(23-12-7-13-27-19-8-5-4-6-9-19)25-17-18-10-11-20(24-16-18)28-15-14-26-2;/h4-6,8-11,16H,3,7,12-15,17H2,1-2H3,(H2,22,23,25);1H. The predicted molar refractivity (Wildman–Crippen MR) is 126 cm³/mol.